The summed E-state index contributed by atoms with van der Waals surface area (Å²) in [6.07, 6.45) is 0. The highest BCUT2D eigenvalue weighted by molar-refractivity contribution is 9.10. The van der Waals surface area contributed by atoms with E-state index in [1.165, 1.54) is 0 Å². The first-order chi connectivity index (χ1) is 9.54. The van der Waals surface area contributed by atoms with Crippen LogP contribution in [0.5, 0.6) is 11.6 Å². The molecule has 1 N–H and O–H groups in total. The zero-order chi connectivity index (χ0) is 14.3. The number of nitrogens with one attached hydrogen (secondary N) is 1. The van der Waals surface area contributed by atoms with Crippen LogP contribution in [0.4, 0.5) is 0 Å². The lowest BCUT2D eigenvalue weighted by atomic mass is 10.1. The number of aromatic nitrogens is 4. The van der Waals surface area contributed by atoms with Crippen LogP contribution in [0.3, 0.4) is 0 Å². The van der Waals surface area contributed by atoms with Gasteiger partial charge < -0.3 is 4.74 Å². The van der Waals surface area contributed by atoms with Gasteiger partial charge in [0.1, 0.15) is 5.75 Å². The van der Waals surface area contributed by atoms with Crippen molar-refractivity contribution in [2.75, 3.05) is 0 Å². The number of benzene rings is 1. The van der Waals surface area contributed by atoms with Gasteiger partial charge in [0.2, 0.25) is 5.88 Å². The summed E-state index contributed by atoms with van der Waals surface area (Å²) in [7, 11) is 0. The maximum atomic E-state index is 11.5. The van der Waals surface area contributed by atoms with Crippen molar-refractivity contribution in [3.63, 3.8) is 0 Å². The molecule has 0 bridgehead atoms. The van der Waals surface area contributed by atoms with E-state index < -0.39 is 5.69 Å². The Kier molecular flexibility index (Phi) is 3.06. The zero-order valence-electron chi connectivity index (χ0n) is 10.8. The van der Waals surface area contributed by atoms with Gasteiger partial charge in [-0.15, -0.1) is 5.10 Å². The van der Waals surface area contributed by atoms with Crippen molar-refractivity contribution in [3.05, 3.63) is 50.3 Å². The van der Waals surface area contributed by atoms with Crippen molar-refractivity contribution in [1.82, 2.24) is 19.8 Å². The summed E-state index contributed by atoms with van der Waals surface area (Å²) < 4.78 is 7.91. The first-order valence-corrected chi connectivity index (χ1v) is 6.73. The number of ether oxygens (including phenoxy) is 1. The number of nitrogens with zero attached hydrogens (tertiary/aromatic N) is 3. The maximum Gasteiger partial charge on any atom is 0.364 e. The highest BCUT2D eigenvalue weighted by Gasteiger charge is 2.07. The standard InChI is InChI=1S/C13H11BrN4O2/c1-7-5-9(6-8(2)12(7)14)20-11-4-3-10-15-16-13(19)18(10)17-11/h3-6H,1-2H3,(H,16,19). The van der Waals surface area contributed by atoms with Crippen molar-refractivity contribution >= 4 is 21.6 Å². The summed E-state index contributed by atoms with van der Waals surface area (Å²) in [4.78, 5) is 11.5. The van der Waals surface area contributed by atoms with Crippen LogP contribution < -0.4 is 10.4 Å². The Labute approximate surface area is 122 Å². The zero-order valence-corrected chi connectivity index (χ0v) is 12.4. The van der Waals surface area contributed by atoms with Gasteiger partial charge >= 0.3 is 5.69 Å². The van der Waals surface area contributed by atoms with E-state index in [2.05, 4.69) is 31.2 Å². The average molecular weight is 335 g/mol. The molecule has 0 saturated carbocycles. The quantitative estimate of drug-likeness (QED) is 0.781. The minimum atomic E-state index is -0.395. The number of H-pyrrole nitrogens is 1. The molecule has 0 saturated heterocycles. The van der Waals surface area contributed by atoms with Crippen LogP contribution in [-0.4, -0.2) is 19.8 Å². The molecule has 0 atom stereocenters. The molecule has 102 valence electrons. The molecule has 0 aliphatic carbocycles. The van der Waals surface area contributed by atoms with Crippen LogP contribution >= 0.6 is 15.9 Å². The van der Waals surface area contributed by atoms with E-state index in [4.69, 9.17) is 4.74 Å². The normalized spacial score (nSPS) is 10.9. The molecule has 6 nitrogen and oxygen atoms in total. The molecule has 0 unspecified atom stereocenters. The number of fused-ring (bicyclic) bond motifs is 1. The summed E-state index contributed by atoms with van der Waals surface area (Å²) in [6, 6.07) is 7.14. The fraction of sp³-hybridized carbons (Fsp3) is 0.154. The van der Waals surface area contributed by atoms with Crippen LogP contribution in [0.2, 0.25) is 0 Å². The Hall–Kier alpha value is -2.15. The molecule has 0 fully saturated rings. The van der Waals surface area contributed by atoms with Crippen LogP contribution in [0.25, 0.3) is 5.65 Å². The van der Waals surface area contributed by atoms with Gasteiger partial charge in [-0.05, 0) is 43.2 Å². The Morgan fingerprint density at radius 3 is 2.65 bits per heavy atom. The summed E-state index contributed by atoms with van der Waals surface area (Å²) >= 11 is 3.51. The molecule has 2 heterocycles. The van der Waals surface area contributed by atoms with Gasteiger partial charge in [-0.3, -0.25) is 0 Å². The van der Waals surface area contributed by atoms with Crippen molar-refractivity contribution < 1.29 is 4.74 Å². The third-order valence-corrected chi connectivity index (χ3v) is 4.13. The lowest BCUT2D eigenvalue weighted by molar-refractivity contribution is 0.450. The number of aromatic amines is 1. The third kappa shape index (κ3) is 2.20. The van der Waals surface area contributed by atoms with E-state index in [0.29, 0.717) is 17.3 Å². The highest BCUT2D eigenvalue weighted by Crippen LogP contribution is 2.28. The Morgan fingerprint density at radius 2 is 1.95 bits per heavy atom. The molecule has 3 aromatic rings. The maximum absolute atomic E-state index is 11.5. The molecule has 0 spiro atoms. The molecule has 0 aliphatic heterocycles. The van der Waals surface area contributed by atoms with Crippen LogP contribution in [0.1, 0.15) is 11.1 Å². The van der Waals surface area contributed by atoms with E-state index in [1.807, 2.05) is 26.0 Å². The van der Waals surface area contributed by atoms with Crippen molar-refractivity contribution in [2.45, 2.75) is 13.8 Å². The second kappa shape index (κ2) is 4.75. The van der Waals surface area contributed by atoms with E-state index in [0.717, 1.165) is 20.1 Å². The number of halogens is 1. The highest BCUT2D eigenvalue weighted by atomic mass is 79.9. The lowest BCUT2D eigenvalue weighted by Crippen LogP contribution is -2.12. The van der Waals surface area contributed by atoms with Gasteiger partial charge in [-0.25, -0.2) is 9.89 Å². The second-order valence-corrected chi connectivity index (χ2v) is 5.24. The summed E-state index contributed by atoms with van der Waals surface area (Å²) in [5.74, 6) is 1.01. The molecule has 7 heteroatoms. The fourth-order valence-corrected chi connectivity index (χ4v) is 2.16. The van der Waals surface area contributed by atoms with Crippen molar-refractivity contribution in [3.8, 4) is 11.6 Å². The van der Waals surface area contributed by atoms with Gasteiger partial charge in [0.05, 0.1) is 0 Å². The van der Waals surface area contributed by atoms with E-state index >= 15 is 0 Å². The number of rotatable bonds is 2. The van der Waals surface area contributed by atoms with Gasteiger partial charge in [0, 0.05) is 10.5 Å². The molecule has 3 rings (SSSR count). The molecule has 0 aliphatic rings. The van der Waals surface area contributed by atoms with Crippen LogP contribution in [0, 0.1) is 13.8 Å². The average Bonchev–Trinajstić information content (AvgIpc) is 2.77. The summed E-state index contributed by atoms with van der Waals surface area (Å²) in [5, 5.41) is 10.2. The minimum absolute atomic E-state index is 0.335. The van der Waals surface area contributed by atoms with Crippen molar-refractivity contribution in [2.24, 2.45) is 0 Å². The van der Waals surface area contributed by atoms with Gasteiger partial charge in [-0.2, -0.15) is 9.61 Å². The molecule has 2 aromatic heterocycles. The SMILES string of the molecule is Cc1cc(Oc2ccc3n[nH]c(=O)n3n2)cc(C)c1Br. The third-order valence-electron chi connectivity index (χ3n) is 2.88. The Morgan fingerprint density at radius 1 is 1.25 bits per heavy atom. The molecule has 0 radical (unpaired) electrons. The Balaban J connectivity index is 2.00. The number of hydrogen-bond donors (Lipinski definition) is 1. The van der Waals surface area contributed by atoms with Crippen molar-refractivity contribution in [1.29, 1.82) is 0 Å². The number of aryl methyl sites for hydroxylation is 2. The first kappa shape index (κ1) is 12.9. The predicted molar refractivity (Wildman–Crippen MR) is 77.3 cm³/mol. The second-order valence-electron chi connectivity index (χ2n) is 4.44. The summed E-state index contributed by atoms with van der Waals surface area (Å²) in [6.45, 7) is 3.97. The molecular weight excluding hydrogens is 324 g/mol. The monoisotopic (exact) mass is 334 g/mol. The molecule has 0 amide bonds. The lowest BCUT2D eigenvalue weighted by Gasteiger charge is -2.08. The van der Waals surface area contributed by atoms with E-state index in [-0.39, 0.29) is 0 Å². The Bertz CT molecular complexity index is 830. The smallest absolute Gasteiger partial charge is 0.364 e. The van der Waals surface area contributed by atoms with Crippen LogP contribution in [-0.2, 0) is 0 Å². The molecular formula is C13H11BrN4O2. The minimum Gasteiger partial charge on any atom is -0.438 e. The molecule has 1 aromatic carbocycles. The van der Waals surface area contributed by atoms with Gasteiger partial charge in [0.15, 0.2) is 5.65 Å². The predicted octanol–water partition coefficient (Wildman–Crippen LogP) is 2.59. The topological polar surface area (TPSA) is 72.3 Å². The van der Waals surface area contributed by atoms with E-state index in [9.17, 15) is 4.79 Å². The largest absolute Gasteiger partial charge is 0.438 e. The van der Waals surface area contributed by atoms with Crippen LogP contribution in [0.15, 0.2) is 33.5 Å². The number of hydrogen-bond acceptors (Lipinski definition) is 4. The first-order valence-electron chi connectivity index (χ1n) is 5.93. The fourth-order valence-electron chi connectivity index (χ4n) is 1.93. The van der Waals surface area contributed by atoms with Gasteiger partial charge in [0.25, 0.3) is 0 Å². The van der Waals surface area contributed by atoms with Gasteiger partial charge in [-0.1, -0.05) is 15.9 Å². The molecule has 20 heavy (non-hydrogen) atoms. The van der Waals surface area contributed by atoms with E-state index in [1.54, 1.807) is 12.1 Å². The summed E-state index contributed by atoms with van der Waals surface area (Å²) in [5.41, 5.74) is 2.20.